The predicted octanol–water partition coefficient (Wildman–Crippen LogP) is 3.45. The van der Waals surface area contributed by atoms with Crippen LogP contribution in [0.5, 0.6) is 0 Å². The second kappa shape index (κ2) is 9.28. The summed E-state index contributed by atoms with van der Waals surface area (Å²) in [5.74, 6) is -7.28. The van der Waals surface area contributed by atoms with Gasteiger partial charge in [0.15, 0.2) is 0 Å². The highest BCUT2D eigenvalue weighted by Gasteiger charge is 2.70. The summed E-state index contributed by atoms with van der Waals surface area (Å²) in [6.45, 7) is 8.92. The summed E-state index contributed by atoms with van der Waals surface area (Å²) in [7, 11) is 0.723. The summed E-state index contributed by atoms with van der Waals surface area (Å²) >= 11 is 0. The van der Waals surface area contributed by atoms with Crippen molar-refractivity contribution in [3.63, 3.8) is 0 Å². The lowest BCUT2D eigenvalue weighted by Crippen LogP contribution is -2.72. The van der Waals surface area contributed by atoms with Crippen molar-refractivity contribution in [2.75, 3.05) is 26.7 Å². The third kappa shape index (κ3) is 4.57. The molecular formula is C26H35BF5N3O3. The fraction of sp³-hybridized carbons (Fsp3) is 0.654. The van der Waals surface area contributed by atoms with E-state index in [0.29, 0.717) is 0 Å². The highest BCUT2D eigenvalue weighted by atomic mass is 19.4. The van der Waals surface area contributed by atoms with Gasteiger partial charge in [-0.25, -0.2) is 8.78 Å². The fourth-order valence-corrected chi connectivity index (χ4v) is 5.67. The zero-order valence-electron chi connectivity index (χ0n) is 22.5. The number of nitrogens with two attached hydrogens (primary N) is 1. The molecule has 3 aliphatic rings. The maximum absolute atomic E-state index is 16.1. The second-order valence-electron chi connectivity index (χ2n) is 11.7. The number of nitrogens with zero attached hydrogens (tertiary/aromatic N) is 2. The number of primary amides is 1. The first-order valence-corrected chi connectivity index (χ1v) is 12.7. The molecule has 3 unspecified atom stereocenters. The zero-order chi connectivity index (χ0) is 28.5. The van der Waals surface area contributed by atoms with Crippen LogP contribution in [0.25, 0.3) is 5.57 Å². The Kier molecular flexibility index (Phi) is 7.08. The molecule has 0 aromatic heterocycles. The number of rotatable bonds is 4. The van der Waals surface area contributed by atoms with Crippen LogP contribution in [-0.4, -0.2) is 84.4 Å². The SMILES string of the molecule is CC1CN(C2(C(F)(F)F)CC(F)(F)C(c3ccccc3B3OC(C)(C)C(C)(C)O3)=CC2C(N)=O)CCN1C. The quantitative estimate of drug-likeness (QED) is 0.466. The Labute approximate surface area is 220 Å². The molecule has 0 radical (unpaired) electrons. The number of halogens is 5. The minimum atomic E-state index is -5.15. The minimum Gasteiger partial charge on any atom is -0.399 e. The van der Waals surface area contributed by atoms with Gasteiger partial charge in [0.05, 0.1) is 17.1 Å². The van der Waals surface area contributed by atoms with Crippen LogP contribution >= 0.6 is 0 Å². The van der Waals surface area contributed by atoms with Crippen molar-refractivity contribution in [1.29, 1.82) is 0 Å². The lowest BCUT2D eigenvalue weighted by Gasteiger charge is -2.54. The van der Waals surface area contributed by atoms with Gasteiger partial charge in [-0.3, -0.25) is 9.69 Å². The van der Waals surface area contributed by atoms with Crippen LogP contribution in [0.1, 0.15) is 46.6 Å². The van der Waals surface area contributed by atoms with Crippen molar-refractivity contribution in [2.45, 2.75) is 75.9 Å². The molecule has 1 aromatic rings. The topological polar surface area (TPSA) is 68.0 Å². The van der Waals surface area contributed by atoms with Crippen LogP contribution in [0.3, 0.4) is 0 Å². The monoisotopic (exact) mass is 543 g/mol. The number of amides is 1. The molecule has 1 amide bonds. The molecule has 2 fully saturated rings. The molecule has 210 valence electrons. The molecule has 0 spiro atoms. The summed E-state index contributed by atoms with van der Waals surface area (Å²) in [4.78, 5) is 15.5. The average molecular weight is 543 g/mol. The van der Waals surface area contributed by atoms with E-state index in [4.69, 9.17) is 15.0 Å². The van der Waals surface area contributed by atoms with Crippen molar-refractivity contribution >= 4 is 24.1 Å². The van der Waals surface area contributed by atoms with Gasteiger partial charge in [-0.15, -0.1) is 0 Å². The molecule has 2 saturated heterocycles. The van der Waals surface area contributed by atoms with Gasteiger partial charge in [0.2, 0.25) is 5.91 Å². The van der Waals surface area contributed by atoms with Gasteiger partial charge in [0.1, 0.15) is 5.54 Å². The molecular weight excluding hydrogens is 508 g/mol. The first kappa shape index (κ1) is 29.0. The van der Waals surface area contributed by atoms with Gasteiger partial charge >= 0.3 is 13.3 Å². The van der Waals surface area contributed by atoms with E-state index in [-0.39, 0.29) is 36.7 Å². The maximum atomic E-state index is 16.1. The Hall–Kier alpha value is -2.02. The highest BCUT2D eigenvalue weighted by molar-refractivity contribution is 6.63. The lowest BCUT2D eigenvalue weighted by molar-refractivity contribution is -0.266. The molecule has 6 nitrogen and oxygen atoms in total. The number of benzene rings is 1. The zero-order valence-corrected chi connectivity index (χ0v) is 22.5. The average Bonchev–Trinajstić information content (AvgIpc) is 3.00. The summed E-state index contributed by atoms with van der Waals surface area (Å²) in [6, 6.07) is 5.72. The van der Waals surface area contributed by atoms with E-state index in [2.05, 4.69) is 0 Å². The number of alkyl halides is 5. The number of carbonyl (C=O) groups is 1. The largest absolute Gasteiger partial charge is 0.495 e. The fourth-order valence-electron chi connectivity index (χ4n) is 5.67. The molecule has 0 saturated carbocycles. The molecule has 1 aromatic carbocycles. The minimum absolute atomic E-state index is 0.0372. The van der Waals surface area contributed by atoms with Crippen LogP contribution in [0.2, 0.25) is 0 Å². The Morgan fingerprint density at radius 3 is 2.18 bits per heavy atom. The van der Waals surface area contributed by atoms with Crippen LogP contribution in [-0.2, 0) is 14.1 Å². The van der Waals surface area contributed by atoms with Crippen LogP contribution in [0.15, 0.2) is 30.3 Å². The van der Waals surface area contributed by atoms with E-state index in [9.17, 15) is 18.0 Å². The van der Waals surface area contributed by atoms with Crippen molar-refractivity contribution in [3.05, 3.63) is 35.9 Å². The molecule has 2 aliphatic heterocycles. The Bertz CT molecular complexity index is 1110. The van der Waals surface area contributed by atoms with Gasteiger partial charge in [0.25, 0.3) is 5.92 Å². The van der Waals surface area contributed by atoms with E-state index >= 15 is 8.78 Å². The molecule has 12 heteroatoms. The molecule has 38 heavy (non-hydrogen) atoms. The van der Waals surface area contributed by atoms with E-state index in [1.54, 1.807) is 26.1 Å². The number of hydrogen-bond donors (Lipinski definition) is 1. The smallest absolute Gasteiger partial charge is 0.399 e. The van der Waals surface area contributed by atoms with Gasteiger partial charge in [-0.1, -0.05) is 30.3 Å². The molecule has 4 rings (SSSR count). The summed E-state index contributed by atoms with van der Waals surface area (Å²) < 4.78 is 89.0. The number of piperazine rings is 1. The van der Waals surface area contributed by atoms with E-state index < -0.39 is 59.8 Å². The third-order valence-electron chi connectivity index (χ3n) is 8.81. The maximum Gasteiger partial charge on any atom is 0.495 e. The molecule has 0 bridgehead atoms. The molecule has 1 aliphatic carbocycles. The van der Waals surface area contributed by atoms with E-state index in [1.807, 2.05) is 32.6 Å². The number of allylic oxidation sites excluding steroid dienone is 1. The van der Waals surface area contributed by atoms with E-state index in [1.165, 1.54) is 12.1 Å². The van der Waals surface area contributed by atoms with Crippen LogP contribution < -0.4 is 11.2 Å². The predicted molar refractivity (Wildman–Crippen MR) is 135 cm³/mol. The lowest BCUT2D eigenvalue weighted by atomic mass is 9.66. The molecule has 2 N–H and O–H groups in total. The molecule has 3 atom stereocenters. The van der Waals surface area contributed by atoms with Crippen molar-refractivity contribution in [2.24, 2.45) is 11.7 Å². The normalized spacial score (nSPS) is 31.8. The van der Waals surface area contributed by atoms with Gasteiger partial charge in [0, 0.05) is 37.7 Å². The Morgan fingerprint density at radius 1 is 1.08 bits per heavy atom. The summed E-state index contributed by atoms with van der Waals surface area (Å²) in [5.41, 5.74) is 0.381. The number of carbonyl (C=O) groups excluding carboxylic acids is 1. The van der Waals surface area contributed by atoms with Crippen molar-refractivity contribution in [3.8, 4) is 0 Å². The van der Waals surface area contributed by atoms with Crippen LogP contribution in [0.4, 0.5) is 22.0 Å². The highest BCUT2D eigenvalue weighted by Crippen LogP contribution is 2.55. The van der Waals surface area contributed by atoms with Crippen molar-refractivity contribution in [1.82, 2.24) is 9.80 Å². The van der Waals surface area contributed by atoms with E-state index in [0.717, 1.165) is 11.0 Å². The Balaban J connectivity index is 1.87. The summed E-state index contributed by atoms with van der Waals surface area (Å²) in [5, 5.41) is 0. The van der Waals surface area contributed by atoms with Gasteiger partial charge in [-0.05, 0) is 52.7 Å². The summed E-state index contributed by atoms with van der Waals surface area (Å²) in [6.07, 6.45) is -6.05. The van der Waals surface area contributed by atoms with Crippen LogP contribution in [0, 0.1) is 5.92 Å². The van der Waals surface area contributed by atoms with Crippen molar-refractivity contribution < 1.29 is 36.1 Å². The number of likely N-dealkylation sites (N-methyl/N-ethyl adjacent to an activating group) is 1. The Morgan fingerprint density at radius 2 is 1.66 bits per heavy atom. The first-order valence-electron chi connectivity index (χ1n) is 12.7. The standard InChI is InChI=1S/C26H35BF5N3O3/c1-16-14-35(12-11-34(16)6)24(26(30,31)32)15-25(28,29)18(13-19(24)21(33)36)17-9-7-8-10-20(17)27-37-22(2,3)23(4,5)38-27/h7-10,13,16,19H,11-12,14-15H2,1-6H3,(H2,33,36). The third-order valence-corrected chi connectivity index (χ3v) is 8.81. The first-order chi connectivity index (χ1) is 17.3. The molecule has 2 heterocycles. The second-order valence-corrected chi connectivity index (χ2v) is 11.7. The van der Waals surface area contributed by atoms with Gasteiger partial charge < -0.3 is 19.9 Å². The number of hydrogen-bond acceptors (Lipinski definition) is 5. The van der Waals surface area contributed by atoms with Gasteiger partial charge in [-0.2, -0.15) is 13.2 Å².